The van der Waals surface area contributed by atoms with Crippen molar-refractivity contribution in [2.75, 3.05) is 25.5 Å². The van der Waals surface area contributed by atoms with Crippen molar-refractivity contribution in [1.82, 2.24) is 14.1 Å². The number of methoxy groups -OCH3 is 1. The van der Waals surface area contributed by atoms with E-state index in [1.54, 1.807) is 19.2 Å². The van der Waals surface area contributed by atoms with Gasteiger partial charge >= 0.3 is 11.4 Å². The Bertz CT molecular complexity index is 1140. The number of nitrogens with two attached hydrogens (primary N) is 1. The first kappa shape index (κ1) is 22.3. The van der Waals surface area contributed by atoms with Gasteiger partial charge in [0.1, 0.15) is 5.75 Å². The van der Waals surface area contributed by atoms with Gasteiger partial charge in [-0.25, -0.2) is 14.2 Å². The molecule has 8 nitrogen and oxygen atoms in total. The average Bonchev–Trinajstić information content (AvgIpc) is 2.74. The van der Waals surface area contributed by atoms with Crippen LogP contribution in [0.25, 0.3) is 0 Å². The van der Waals surface area contributed by atoms with Crippen molar-refractivity contribution in [3.63, 3.8) is 0 Å². The van der Waals surface area contributed by atoms with E-state index in [1.165, 1.54) is 4.57 Å². The predicted octanol–water partition coefficient (Wildman–Crippen LogP) is 2.14. The highest BCUT2D eigenvalue weighted by Gasteiger charge is 2.14. The van der Waals surface area contributed by atoms with Crippen molar-refractivity contribution in [2.24, 2.45) is 5.73 Å². The lowest BCUT2D eigenvalue weighted by atomic mass is 10.2. The standard InChI is InChI=1S/C20H21ClIN5O3/c1-30-15-5-2-13(3-6-15)11-26-18(24-9-8-23)25-19(28)27(20(26)29)12-14-4-7-16(21)17(22)10-14/h2-7,10H,8-9,11-12,23H2,1H3,(H,24,25,28). The normalized spacial score (nSPS) is 10.8. The monoisotopic (exact) mass is 541 g/mol. The van der Waals surface area contributed by atoms with Gasteiger partial charge in [0.2, 0.25) is 5.95 Å². The molecule has 0 bridgehead atoms. The fraction of sp³-hybridized carbons (Fsp3) is 0.250. The second-order valence-electron chi connectivity index (χ2n) is 6.48. The molecule has 30 heavy (non-hydrogen) atoms. The third kappa shape index (κ3) is 5.21. The Kier molecular flexibility index (Phi) is 7.51. The van der Waals surface area contributed by atoms with Crippen LogP contribution in [0.15, 0.2) is 52.1 Å². The minimum absolute atomic E-state index is 0.0949. The van der Waals surface area contributed by atoms with Crippen LogP contribution in [0.1, 0.15) is 11.1 Å². The molecule has 3 rings (SSSR count). The van der Waals surface area contributed by atoms with E-state index in [1.807, 2.05) is 30.3 Å². The number of benzene rings is 2. The zero-order valence-corrected chi connectivity index (χ0v) is 19.2. The SMILES string of the molecule is COc1ccc(Cn2c(NCCN)nc(=O)n(Cc3ccc(Cl)c(I)c3)c2=O)cc1. The first-order chi connectivity index (χ1) is 14.4. The molecule has 3 N–H and O–H groups in total. The van der Waals surface area contributed by atoms with Crippen molar-refractivity contribution in [1.29, 1.82) is 0 Å². The van der Waals surface area contributed by atoms with E-state index in [2.05, 4.69) is 32.9 Å². The molecule has 0 unspecified atom stereocenters. The highest BCUT2D eigenvalue weighted by molar-refractivity contribution is 14.1. The molecule has 0 aliphatic carbocycles. The zero-order valence-electron chi connectivity index (χ0n) is 16.3. The summed E-state index contributed by atoms with van der Waals surface area (Å²) >= 11 is 8.18. The first-order valence-electron chi connectivity index (χ1n) is 9.15. The molecule has 10 heteroatoms. The van der Waals surface area contributed by atoms with Crippen molar-refractivity contribution in [2.45, 2.75) is 13.1 Å². The first-order valence-corrected chi connectivity index (χ1v) is 10.6. The van der Waals surface area contributed by atoms with Gasteiger partial charge in [0.05, 0.1) is 25.2 Å². The number of nitrogens with one attached hydrogen (secondary N) is 1. The summed E-state index contributed by atoms with van der Waals surface area (Å²) in [5, 5.41) is 3.58. The number of ether oxygens (including phenoxy) is 1. The van der Waals surface area contributed by atoms with Crippen LogP contribution in [0.5, 0.6) is 5.75 Å². The van der Waals surface area contributed by atoms with Crippen molar-refractivity contribution in [3.05, 3.63) is 83.2 Å². The maximum absolute atomic E-state index is 13.2. The lowest BCUT2D eigenvalue weighted by Crippen LogP contribution is -2.43. The quantitative estimate of drug-likeness (QED) is 0.424. The minimum atomic E-state index is -0.629. The molecule has 0 saturated carbocycles. The molecule has 0 aliphatic heterocycles. The van der Waals surface area contributed by atoms with Crippen LogP contribution in [0.3, 0.4) is 0 Å². The van der Waals surface area contributed by atoms with Crippen LogP contribution < -0.4 is 27.2 Å². The van der Waals surface area contributed by atoms with E-state index < -0.39 is 11.4 Å². The van der Waals surface area contributed by atoms with Crippen LogP contribution in [-0.4, -0.2) is 34.3 Å². The Morgan fingerprint density at radius 1 is 1.10 bits per heavy atom. The zero-order chi connectivity index (χ0) is 21.7. The Hall–Kier alpha value is -2.37. The molecule has 3 aromatic rings. The molecule has 0 fully saturated rings. The van der Waals surface area contributed by atoms with Gasteiger partial charge in [-0.15, -0.1) is 0 Å². The second kappa shape index (κ2) is 10.1. The van der Waals surface area contributed by atoms with E-state index >= 15 is 0 Å². The molecule has 158 valence electrons. The fourth-order valence-corrected chi connectivity index (χ4v) is 3.56. The highest BCUT2D eigenvalue weighted by Crippen LogP contribution is 2.19. The molecule has 0 atom stereocenters. The molecule has 0 aliphatic rings. The molecule has 0 spiro atoms. The number of hydrogen-bond donors (Lipinski definition) is 2. The molecule has 1 heterocycles. The Balaban J connectivity index is 2.03. The van der Waals surface area contributed by atoms with Gasteiger partial charge < -0.3 is 15.8 Å². The fourth-order valence-electron chi connectivity index (χ4n) is 2.86. The average molecular weight is 542 g/mol. The number of rotatable bonds is 8. The minimum Gasteiger partial charge on any atom is -0.497 e. The van der Waals surface area contributed by atoms with Gasteiger partial charge in [0, 0.05) is 16.7 Å². The lowest BCUT2D eigenvalue weighted by Gasteiger charge is -2.15. The predicted molar refractivity (Wildman–Crippen MR) is 126 cm³/mol. The molecular formula is C20H21ClIN5O3. The summed E-state index contributed by atoms with van der Waals surface area (Å²) in [4.78, 5) is 29.9. The summed E-state index contributed by atoms with van der Waals surface area (Å²) in [7, 11) is 1.59. The highest BCUT2D eigenvalue weighted by atomic mass is 127. The molecule has 0 amide bonds. The Morgan fingerprint density at radius 3 is 2.40 bits per heavy atom. The number of nitrogens with zero attached hydrogens (tertiary/aromatic N) is 3. The summed E-state index contributed by atoms with van der Waals surface area (Å²) in [5.74, 6) is 0.904. The van der Waals surface area contributed by atoms with Gasteiger partial charge in [-0.2, -0.15) is 4.98 Å². The maximum atomic E-state index is 13.2. The van der Waals surface area contributed by atoms with Gasteiger partial charge in [-0.05, 0) is 58.0 Å². The number of anilines is 1. The van der Waals surface area contributed by atoms with Gasteiger partial charge in [-0.1, -0.05) is 29.8 Å². The van der Waals surface area contributed by atoms with Gasteiger partial charge in [0.25, 0.3) is 0 Å². The lowest BCUT2D eigenvalue weighted by molar-refractivity contribution is 0.414. The number of halogens is 2. The third-order valence-corrected chi connectivity index (χ3v) is 5.94. The van der Waals surface area contributed by atoms with Crippen molar-refractivity contribution in [3.8, 4) is 5.75 Å². The number of hydrogen-bond acceptors (Lipinski definition) is 6. The molecule has 0 saturated heterocycles. The Morgan fingerprint density at radius 2 is 1.77 bits per heavy atom. The van der Waals surface area contributed by atoms with Crippen LogP contribution in [-0.2, 0) is 13.1 Å². The van der Waals surface area contributed by atoms with E-state index in [4.69, 9.17) is 22.1 Å². The summed E-state index contributed by atoms with van der Waals surface area (Å²) < 4.78 is 8.55. The summed E-state index contributed by atoms with van der Waals surface area (Å²) in [6.07, 6.45) is 0. The number of aromatic nitrogens is 3. The Labute approximate surface area is 191 Å². The smallest absolute Gasteiger partial charge is 0.355 e. The summed E-state index contributed by atoms with van der Waals surface area (Å²) in [6.45, 7) is 1.05. The molecular weight excluding hydrogens is 521 g/mol. The van der Waals surface area contributed by atoms with Crippen molar-refractivity contribution < 1.29 is 4.74 Å². The van der Waals surface area contributed by atoms with Crippen LogP contribution in [0, 0.1) is 3.57 Å². The third-order valence-electron chi connectivity index (χ3n) is 4.40. The van der Waals surface area contributed by atoms with E-state index in [0.29, 0.717) is 23.9 Å². The van der Waals surface area contributed by atoms with Crippen LogP contribution in [0.4, 0.5) is 5.95 Å². The second-order valence-corrected chi connectivity index (χ2v) is 8.05. The topological polar surface area (TPSA) is 104 Å². The molecule has 0 radical (unpaired) electrons. The summed E-state index contributed by atoms with van der Waals surface area (Å²) in [5.41, 5.74) is 6.11. The van der Waals surface area contributed by atoms with Gasteiger partial charge in [-0.3, -0.25) is 4.57 Å². The van der Waals surface area contributed by atoms with Crippen LogP contribution >= 0.6 is 34.2 Å². The maximum Gasteiger partial charge on any atom is 0.355 e. The van der Waals surface area contributed by atoms with E-state index in [0.717, 1.165) is 19.3 Å². The van der Waals surface area contributed by atoms with Crippen LogP contribution in [0.2, 0.25) is 5.02 Å². The molecule has 2 aromatic carbocycles. The van der Waals surface area contributed by atoms with E-state index in [-0.39, 0.29) is 19.0 Å². The summed E-state index contributed by atoms with van der Waals surface area (Å²) in [6, 6.07) is 12.7. The van der Waals surface area contributed by atoms with Crippen molar-refractivity contribution >= 4 is 40.1 Å². The largest absolute Gasteiger partial charge is 0.497 e. The molecule has 1 aromatic heterocycles. The van der Waals surface area contributed by atoms with E-state index in [9.17, 15) is 9.59 Å². The van der Waals surface area contributed by atoms with Gasteiger partial charge in [0.15, 0.2) is 0 Å².